The average Bonchev–Trinajstić information content (AvgIpc) is 2.84. The minimum absolute atomic E-state index is 0.0165. The fraction of sp³-hybridized carbons (Fsp3) is 0.0667. The predicted octanol–water partition coefficient (Wildman–Crippen LogP) is 4.91. The number of aryl methyl sites for hydroxylation is 1. The molecule has 1 amide bonds. The summed E-state index contributed by atoms with van der Waals surface area (Å²) in [5.41, 5.74) is 0.428. The highest BCUT2D eigenvalue weighted by Gasteiger charge is 2.12. The maximum absolute atomic E-state index is 12.1. The molecule has 2 rings (SSSR count). The van der Waals surface area contributed by atoms with Crippen LogP contribution in [0.5, 0.6) is 0 Å². The van der Waals surface area contributed by atoms with E-state index in [1.807, 2.05) is 25.1 Å². The third kappa shape index (κ3) is 4.08. The average molecular weight is 337 g/mol. The number of halogens is 2. The van der Waals surface area contributed by atoms with Crippen LogP contribution in [0.3, 0.4) is 0 Å². The molecule has 0 saturated heterocycles. The van der Waals surface area contributed by atoms with Crippen molar-refractivity contribution in [1.29, 1.82) is 5.26 Å². The highest BCUT2D eigenvalue weighted by molar-refractivity contribution is 7.12. The molecular weight excluding hydrogens is 327 g/mol. The number of nitrogens with zero attached hydrogens (tertiary/aromatic N) is 1. The van der Waals surface area contributed by atoms with Crippen LogP contribution in [-0.4, -0.2) is 5.91 Å². The van der Waals surface area contributed by atoms with Gasteiger partial charge in [-0.2, -0.15) is 5.26 Å². The summed E-state index contributed by atoms with van der Waals surface area (Å²) < 4.78 is 0. The van der Waals surface area contributed by atoms with E-state index in [1.165, 1.54) is 17.4 Å². The number of benzene rings is 1. The summed E-state index contributed by atoms with van der Waals surface area (Å²) in [5, 5.41) is 12.5. The lowest BCUT2D eigenvalue weighted by Gasteiger charge is -2.06. The Morgan fingerprint density at radius 3 is 2.67 bits per heavy atom. The summed E-state index contributed by atoms with van der Waals surface area (Å²) in [7, 11) is 0. The van der Waals surface area contributed by atoms with Gasteiger partial charge in [0.25, 0.3) is 5.91 Å². The summed E-state index contributed by atoms with van der Waals surface area (Å²) in [6.07, 6.45) is 1.55. The zero-order valence-corrected chi connectivity index (χ0v) is 13.3. The van der Waals surface area contributed by atoms with Crippen molar-refractivity contribution in [2.24, 2.45) is 0 Å². The molecule has 1 N–H and O–H groups in total. The lowest BCUT2D eigenvalue weighted by atomic mass is 10.2. The third-order valence-corrected chi connectivity index (χ3v) is 4.09. The molecule has 0 atom stereocenters. The Kier molecular flexibility index (Phi) is 5.03. The fourth-order valence-corrected chi connectivity index (χ4v) is 2.88. The molecule has 1 heterocycles. The third-order valence-electron chi connectivity index (χ3n) is 2.59. The van der Waals surface area contributed by atoms with E-state index in [4.69, 9.17) is 28.5 Å². The van der Waals surface area contributed by atoms with E-state index in [0.29, 0.717) is 15.7 Å². The van der Waals surface area contributed by atoms with Crippen LogP contribution < -0.4 is 5.32 Å². The molecule has 106 valence electrons. The van der Waals surface area contributed by atoms with Crippen molar-refractivity contribution in [3.63, 3.8) is 0 Å². The Morgan fingerprint density at radius 1 is 1.33 bits per heavy atom. The zero-order chi connectivity index (χ0) is 15.4. The first-order chi connectivity index (χ1) is 9.99. The minimum Gasteiger partial charge on any atom is -0.320 e. The van der Waals surface area contributed by atoms with E-state index in [9.17, 15) is 4.79 Å². The van der Waals surface area contributed by atoms with Gasteiger partial charge in [-0.05, 0) is 43.3 Å². The maximum Gasteiger partial charge on any atom is 0.266 e. The van der Waals surface area contributed by atoms with Gasteiger partial charge in [0.2, 0.25) is 0 Å². The number of anilines is 1. The number of carbonyl (C=O) groups excluding carboxylic acids is 1. The van der Waals surface area contributed by atoms with Gasteiger partial charge in [0.05, 0.1) is 10.7 Å². The lowest BCUT2D eigenvalue weighted by Crippen LogP contribution is -2.13. The second kappa shape index (κ2) is 6.77. The summed E-state index contributed by atoms with van der Waals surface area (Å²) in [6.45, 7) is 1.96. The molecule has 6 heteroatoms. The van der Waals surface area contributed by atoms with E-state index >= 15 is 0 Å². The van der Waals surface area contributed by atoms with Crippen LogP contribution in [0.1, 0.15) is 9.75 Å². The SMILES string of the molecule is Cc1ccc(/C=C(\C#N)C(=O)Nc2ccc(Cl)cc2Cl)s1. The van der Waals surface area contributed by atoms with E-state index in [1.54, 1.807) is 18.2 Å². The second-order valence-electron chi connectivity index (χ2n) is 4.20. The number of hydrogen-bond acceptors (Lipinski definition) is 3. The molecule has 0 fully saturated rings. The van der Waals surface area contributed by atoms with Gasteiger partial charge in [-0.15, -0.1) is 11.3 Å². The second-order valence-corrected chi connectivity index (χ2v) is 6.36. The summed E-state index contributed by atoms with van der Waals surface area (Å²) in [5.74, 6) is -0.507. The first-order valence-corrected chi connectivity index (χ1v) is 7.51. The molecule has 0 spiro atoms. The molecule has 0 saturated carbocycles. The molecule has 1 aromatic carbocycles. The van der Waals surface area contributed by atoms with Crippen molar-refractivity contribution in [2.75, 3.05) is 5.32 Å². The van der Waals surface area contributed by atoms with E-state index < -0.39 is 5.91 Å². The lowest BCUT2D eigenvalue weighted by molar-refractivity contribution is -0.112. The zero-order valence-electron chi connectivity index (χ0n) is 11.0. The topological polar surface area (TPSA) is 52.9 Å². The molecule has 0 aliphatic heterocycles. The molecule has 0 aliphatic carbocycles. The molecule has 3 nitrogen and oxygen atoms in total. The molecular formula is C15H10Cl2N2OS. The number of rotatable bonds is 3. The van der Waals surface area contributed by atoms with Crippen molar-refractivity contribution >= 4 is 52.2 Å². The number of hydrogen-bond donors (Lipinski definition) is 1. The smallest absolute Gasteiger partial charge is 0.266 e. The van der Waals surface area contributed by atoms with Crippen LogP contribution in [0.25, 0.3) is 6.08 Å². The van der Waals surface area contributed by atoms with Crippen LogP contribution in [0.2, 0.25) is 10.0 Å². The van der Waals surface area contributed by atoms with Crippen molar-refractivity contribution in [3.8, 4) is 6.07 Å². The normalized spacial score (nSPS) is 11.0. The van der Waals surface area contributed by atoms with Crippen LogP contribution in [0.4, 0.5) is 5.69 Å². The Morgan fingerprint density at radius 2 is 2.10 bits per heavy atom. The van der Waals surface area contributed by atoms with Crippen LogP contribution in [-0.2, 0) is 4.79 Å². The van der Waals surface area contributed by atoms with Gasteiger partial charge in [-0.1, -0.05) is 23.2 Å². The van der Waals surface area contributed by atoms with Crippen molar-refractivity contribution < 1.29 is 4.79 Å². The largest absolute Gasteiger partial charge is 0.320 e. The van der Waals surface area contributed by atoms with E-state index in [0.717, 1.165) is 9.75 Å². The number of nitriles is 1. The minimum atomic E-state index is -0.507. The van der Waals surface area contributed by atoms with Crippen molar-refractivity contribution in [2.45, 2.75) is 6.92 Å². The first kappa shape index (κ1) is 15.6. The highest BCUT2D eigenvalue weighted by Crippen LogP contribution is 2.26. The summed E-state index contributed by atoms with van der Waals surface area (Å²) in [4.78, 5) is 14.1. The Balaban J connectivity index is 2.21. The van der Waals surface area contributed by atoms with Gasteiger partial charge < -0.3 is 5.32 Å². The molecule has 21 heavy (non-hydrogen) atoms. The summed E-state index contributed by atoms with van der Waals surface area (Å²) in [6, 6.07) is 10.4. The first-order valence-electron chi connectivity index (χ1n) is 5.94. The Labute approximate surface area is 136 Å². The van der Waals surface area contributed by atoms with E-state index in [2.05, 4.69) is 5.32 Å². The molecule has 0 bridgehead atoms. The van der Waals surface area contributed by atoms with Gasteiger partial charge in [0.1, 0.15) is 11.6 Å². The predicted molar refractivity (Wildman–Crippen MR) is 87.7 cm³/mol. The van der Waals surface area contributed by atoms with Gasteiger partial charge >= 0.3 is 0 Å². The maximum atomic E-state index is 12.1. The van der Waals surface area contributed by atoms with Crippen molar-refractivity contribution in [3.05, 3.63) is 55.7 Å². The Bertz CT molecular complexity index is 759. The standard InChI is InChI=1S/C15H10Cl2N2OS/c1-9-2-4-12(21-9)6-10(8-18)15(20)19-14-5-3-11(16)7-13(14)17/h2-7H,1H3,(H,19,20)/b10-6+. The number of carbonyl (C=O) groups is 1. The summed E-state index contributed by atoms with van der Waals surface area (Å²) >= 11 is 13.3. The molecule has 1 aromatic heterocycles. The highest BCUT2D eigenvalue weighted by atomic mass is 35.5. The molecule has 0 radical (unpaired) electrons. The van der Waals surface area contributed by atoms with Crippen LogP contribution >= 0.6 is 34.5 Å². The van der Waals surface area contributed by atoms with Gasteiger partial charge in [-0.3, -0.25) is 4.79 Å². The molecule has 0 unspecified atom stereocenters. The van der Waals surface area contributed by atoms with Crippen LogP contribution in [0, 0.1) is 18.3 Å². The quantitative estimate of drug-likeness (QED) is 0.639. The molecule has 2 aromatic rings. The Hall–Kier alpha value is -1.80. The number of nitrogens with one attached hydrogen (secondary N) is 1. The van der Waals surface area contributed by atoms with Gasteiger partial charge in [-0.25, -0.2) is 0 Å². The number of amides is 1. The fourth-order valence-electron chi connectivity index (χ4n) is 1.60. The van der Waals surface area contributed by atoms with Crippen molar-refractivity contribution in [1.82, 2.24) is 0 Å². The van der Waals surface area contributed by atoms with Crippen LogP contribution in [0.15, 0.2) is 35.9 Å². The number of thiophene rings is 1. The monoisotopic (exact) mass is 336 g/mol. The van der Waals surface area contributed by atoms with E-state index in [-0.39, 0.29) is 5.57 Å². The molecule has 0 aliphatic rings. The van der Waals surface area contributed by atoms with Gasteiger partial charge in [0, 0.05) is 14.8 Å². The van der Waals surface area contributed by atoms with Gasteiger partial charge in [0.15, 0.2) is 0 Å².